The maximum atomic E-state index is 12.7. The van der Waals surface area contributed by atoms with Crippen molar-refractivity contribution in [2.24, 2.45) is 15.7 Å². The van der Waals surface area contributed by atoms with E-state index in [0.717, 1.165) is 55.7 Å². The van der Waals surface area contributed by atoms with Crippen molar-refractivity contribution in [1.29, 1.82) is 0 Å². The van der Waals surface area contributed by atoms with Crippen LogP contribution in [0, 0.1) is 0 Å². The molecule has 0 radical (unpaired) electrons. The maximum absolute atomic E-state index is 12.7. The van der Waals surface area contributed by atoms with E-state index in [1.54, 1.807) is 14.0 Å². The number of methoxy groups -OCH3 is 1. The zero-order valence-electron chi connectivity index (χ0n) is 20.2. The van der Waals surface area contributed by atoms with Gasteiger partial charge in [-0.25, -0.2) is 10.1 Å². The fourth-order valence-corrected chi connectivity index (χ4v) is 4.13. The van der Waals surface area contributed by atoms with Crippen LogP contribution in [0.1, 0.15) is 18.9 Å². The van der Waals surface area contributed by atoms with E-state index in [4.69, 9.17) is 24.9 Å². The molecule has 3 aliphatic heterocycles. The summed E-state index contributed by atoms with van der Waals surface area (Å²) in [5, 5.41) is 13.1. The Morgan fingerprint density at radius 2 is 2.14 bits per heavy atom. The molecule has 1 fully saturated rings. The van der Waals surface area contributed by atoms with Crippen LogP contribution in [0.4, 0.5) is 5.69 Å². The van der Waals surface area contributed by atoms with E-state index in [1.165, 1.54) is 6.20 Å². The highest BCUT2D eigenvalue weighted by Gasteiger charge is 2.33. The summed E-state index contributed by atoms with van der Waals surface area (Å²) in [6.07, 6.45) is 2.14. The Balaban J connectivity index is 1.52. The molecule has 12 nitrogen and oxygen atoms in total. The quantitative estimate of drug-likeness (QED) is 0.197. The SMILES string of the molecule is COc1c(OCCCN2CCOCC2)ccc2c1N=C(NC(=O)/C(C)=C/N(O)CN)N1CCN=C21. The van der Waals surface area contributed by atoms with Gasteiger partial charge in [0.15, 0.2) is 11.5 Å². The predicted molar refractivity (Wildman–Crippen MR) is 130 cm³/mol. The number of ether oxygens (including phenoxy) is 3. The Hall–Kier alpha value is -3.19. The van der Waals surface area contributed by atoms with Crippen LogP contribution in [0.5, 0.6) is 11.5 Å². The van der Waals surface area contributed by atoms with Crippen LogP contribution >= 0.6 is 0 Å². The number of hydrogen-bond acceptors (Lipinski definition) is 11. The van der Waals surface area contributed by atoms with Gasteiger partial charge in [-0.1, -0.05) is 0 Å². The molecule has 0 unspecified atom stereocenters. The molecule has 0 spiro atoms. The summed E-state index contributed by atoms with van der Waals surface area (Å²) >= 11 is 0. The Kier molecular flexibility index (Phi) is 8.18. The lowest BCUT2D eigenvalue weighted by Crippen LogP contribution is -2.48. The summed E-state index contributed by atoms with van der Waals surface area (Å²) in [7, 11) is 1.57. The van der Waals surface area contributed by atoms with Crippen LogP contribution in [-0.2, 0) is 9.53 Å². The Bertz CT molecular complexity index is 1020. The van der Waals surface area contributed by atoms with Gasteiger partial charge in [0.2, 0.25) is 5.96 Å². The standard InChI is InChI=1S/C23H33N7O5/c1-16(14-29(32)15-24)22(31)27-23-26-19-17(21-25-6-8-30(21)23)4-5-18(20(19)33-2)35-11-3-7-28-9-12-34-13-10-28/h4-5,14,32H,3,6-13,15,24H2,1-2H3,(H,26,27,31)/b16-14+. The largest absolute Gasteiger partial charge is 0.491 e. The van der Waals surface area contributed by atoms with E-state index in [-0.39, 0.29) is 12.2 Å². The molecular formula is C23H33N7O5. The van der Waals surface area contributed by atoms with Crippen LogP contribution in [0.15, 0.2) is 33.9 Å². The van der Waals surface area contributed by atoms with Crippen molar-refractivity contribution in [3.8, 4) is 11.5 Å². The number of hydrogen-bond donors (Lipinski definition) is 3. The van der Waals surface area contributed by atoms with E-state index >= 15 is 0 Å². The number of guanidine groups is 1. The van der Waals surface area contributed by atoms with Crippen molar-refractivity contribution in [3.63, 3.8) is 0 Å². The molecule has 4 rings (SSSR count). The van der Waals surface area contributed by atoms with Gasteiger partial charge >= 0.3 is 0 Å². The minimum absolute atomic E-state index is 0.131. The first-order valence-electron chi connectivity index (χ1n) is 11.7. The number of hydroxylamine groups is 2. The lowest BCUT2D eigenvalue weighted by Gasteiger charge is -2.29. The molecule has 1 aromatic carbocycles. The zero-order chi connectivity index (χ0) is 24.8. The van der Waals surface area contributed by atoms with Crippen molar-refractivity contribution >= 4 is 23.4 Å². The van der Waals surface area contributed by atoms with Gasteiger partial charge in [-0.2, -0.15) is 0 Å². The molecule has 0 atom stereocenters. The molecule has 4 N–H and O–H groups in total. The summed E-state index contributed by atoms with van der Waals surface area (Å²) in [6, 6.07) is 3.80. The first-order chi connectivity index (χ1) is 17.0. The van der Waals surface area contributed by atoms with Gasteiger partial charge in [0, 0.05) is 43.5 Å². The number of rotatable bonds is 9. The number of benzene rings is 1. The third-order valence-corrected chi connectivity index (χ3v) is 5.95. The average molecular weight is 488 g/mol. The highest BCUT2D eigenvalue weighted by molar-refractivity contribution is 6.19. The molecule has 3 heterocycles. The topological polar surface area (TPSA) is 137 Å². The highest BCUT2D eigenvalue weighted by atomic mass is 16.5. The molecule has 1 amide bonds. The molecule has 3 aliphatic rings. The Morgan fingerprint density at radius 1 is 1.34 bits per heavy atom. The molecular weight excluding hydrogens is 454 g/mol. The number of morpholine rings is 1. The average Bonchev–Trinajstić information content (AvgIpc) is 3.37. The number of amides is 1. The van der Waals surface area contributed by atoms with Crippen molar-refractivity contribution in [1.82, 2.24) is 20.2 Å². The summed E-state index contributed by atoms with van der Waals surface area (Å²) in [6.45, 7) is 7.54. The molecule has 12 heteroatoms. The molecule has 1 saturated heterocycles. The van der Waals surface area contributed by atoms with Crippen molar-refractivity contribution in [2.75, 3.05) is 66.3 Å². The lowest BCUT2D eigenvalue weighted by molar-refractivity contribution is -0.116. The van der Waals surface area contributed by atoms with Crippen LogP contribution < -0.4 is 20.5 Å². The number of nitrogens with one attached hydrogen (secondary N) is 1. The van der Waals surface area contributed by atoms with E-state index < -0.39 is 5.91 Å². The normalized spacial score (nSPS) is 17.8. The van der Waals surface area contributed by atoms with E-state index in [0.29, 0.717) is 42.8 Å². The summed E-state index contributed by atoms with van der Waals surface area (Å²) in [5.74, 6) is 1.72. The Morgan fingerprint density at radius 3 is 2.89 bits per heavy atom. The number of carbonyl (C=O) groups excluding carboxylic acids is 1. The molecule has 0 bridgehead atoms. The van der Waals surface area contributed by atoms with E-state index in [9.17, 15) is 10.0 Å². The number of fused-ring (bicyclic) bond motifs is 3. The fourth-order valence-electron chi connectivity index (χ4n) is 4.13. The van der Waals surface area contributed by atoms with Gasteiger partial charge < -0.3 is 19.9 Å². The van der Waals surface area contributed by atoms with E-state index in [2.05, 4.69) is 15.2 Å². The lowest BCUT2D eigenvalue weighted by atomic mass is 10.1. The van der Waals surface area contributed by atoms with Gasteiger partial charge in [0.25, 0.3) is 5.91 Å². The minimum Gasteiger partial charge on any atom is -0.491 e. The Labute approximate surface area is 204 Å². The molecule has 0 saturated carbocycles. The number of nitrogens with two attached hydrogens (primary N) is 1. The minimum atomic E-state index is -0.416. The number of aliphatic imine (C=N–C) groups is 2. The molecule has 1 aromatic rings. The van der Waals surface area contributed by atoms with Gasteiger partial charge in [0.1, 0.15) is 11.5 Å². The second-order valence-electron chi connectivity index (χ2n) is 8.33. The zero-order valence-corrected chi connectivity index (χ0v) is 20.2. The van der Waals surface area contributed by atoms with Crippen LogP contribution in [0.25, 0.3) is 0 Å². The molecule has 0 aromatic heterocycles. The van der Waals surface area contributed by atoms with Crippen LogP contribution in [0.3, 0.4) is 0 Å². The maximum Gasteiger partial charge on any atom is 0.255 e. The van der Waals surface area contributed by atoms with E-state index in [1.807, 2.05) is 17.0 Å². The predicted octanol–water partition coefficient (Wildman–Crippen LogP) is 0.487. The van der Waals surface area contributed by atoms with Gasteiger partial charge in [-0.15, -0.1) is 0 Å². The van der Waals surface area contributed by atoms with Gasteiger partial charge in [0.05, 0.1) is 40.1 Å². The van der Waals surface area contributed by atoms with Crippen LogP contribution in [0.2, 0.25) is 0 Å². The second kappa shape index (κ2) is 11.5. The van der Waals surface area contributed by atoms with Gasteiger partial charge in [-0.3, -0.25) is 30.1 Å². The smallest absolute Gasteiger partial charge is 0.255 e. The number of amidine groups is 1. The summed E-state index contributed by atoms with van der Waals surface area (Å²) in [4.78, 5) is 26.3. The van der Waals surface area contributed by atoms with Crippen molar-refractivity contribution < 1.29 is 24.2 Å². The van der Waals surface area contributed by atoms with Crippen LogP contribution in [-0.4, -0.2) is 104 Å². The summed E-state index contributed by atoms with van der Waals surface area (Å²) in [5.41, 5.74) is 7.01. The van der Waals surface area contributed by atoms with Crippen molar-refractivity contribution in [3.05, 3.63) is 29.5 Å². The first-order valence-corrected chi connectivity index (χ1v) is 11.7. The monoisotopic (exact) mass is 487 g/mol. The third-order valence-electron chi connectivity index (χ3n) is 5.95. The number of carbonyl (C=O) groups is 1. The fraction of sp³-hybridized carbons (Fsp3) is 0.522. The van der Waals surface area contributed by atoms with Gasteiger partial charge in [-0.05, 0) is 25.5 Å². The van der Waals surface area contributed by atoms with Crippen molar-refractivity contribution in [2.45, 2.75) is 13.3 Å². The molecule has 190 valence electrons. The highest BCUT2D eigenvalue weighted by Crippen LogP contribution is 2.43. The second-order valence-corrected chi connectivity index (χ2v) is 8.33. The summed E-state index contributed by atoms with van der Waals surface area (Å²) < 4.78 is 17.2. The third kappa shape index (κ3) is 5.73. The molecule has 35 heavy (non-hydrogen) atoms. The molecule has 0 aliphatic carbocycles. The number of nitrogens with zero attached hydrogens (tertiary/aromatic N) is 5. The first kappa shape index (κ1) is 24.9.